The topological polar surface area (TPSA) is 107 Å². The van der Waals surface area contributed by atoms with E-state index in [1.165, 1.54) is 0 Å². The molecule has 3 heterocycles. The average Bonchev–Trinajstić information content (AvgIpc) is 3.10. The molecule has 0 radical (unpaired) electrons. The van der Waals surface area contributed by atoms with Gasteiger partial charge >= 0.3 is 0 Å². The quantitative estimate of drug-likeness (QED) is 0.725. The van der Waals surface area contributed by atoms with Crippen LogP contribution in [0.3, 0.4) is 0 Å². The molecule has 3 aromatic heterocycles. The van der Waals surface area contributed by atoms with Crippen molar-refractivity contribution in [3.8, 4) is 5.95 Å². The largest absolute Gasteiger partial charge is 0.368 e. The van der Waals surface area contributed by atoms with Gasteiger partial charge < -0.3 is 11.1 Å². The summed E-state index contributed by atoms with van der Waals surface area (Å²) in [5.41, 5.74) is 6.76. The molecule has 0 unspecified atom stereocenters. The third kappa shape index (κ3) is 3.31. The molecule has 0 amide bonds. The Morgan fingerprint density at radius 2 is 2.19 bits per heavy atom. The van der Waals surface area contributed by atoms with E-state index in [0.717, 1.165) is 17.1 Å². The standard InChI is InChI=1S/C12H14N8S/c1-8-16-9(6-21-8)2-3-15-11-17-10(13)18-12(19-11)20-5-4-14-7-20/h4-7H,2-3H2,1H3,(H3,13,15,17,18,19). The van der Waals surface area contributed by atoms with E-state index in [1.807, 2.05) is 6.92 Å². The molecule has 0 atom stereocenters. The minimum absolute atomic E-state index is 0.167. The average molecular weight is 302 g/mol. The number of aromatic nitrogens is 6. The molecule has 0 fully saturated rings. The number of hydrogen-bond donors (Lipinski definition) is 2. The van der Waals surface area contributed by atoms with Crippen LogP contribution in [-0.4, -0.2) is 36.0 Å². The molecule has 0 saturated carbocycles. The van der Waals surface area contributed by atoms with Crippen molar-refractivity contribution in [3.05, 3.63) is 34.8 Å². The summed E-state index contributed by atoms with van der Waals surface area (Å²) in [4.78, 5) is 20.8. The molecule has 9 heteroatoms. The fraction of sp³-hybridized carbons (Fsp3) is 0.250. The van der Waals surface area contributed by atoms with Crippen molar-refractivity contribution in [3.63, 3.8) is 0 Å². The predicted molar refractivity (Wildman–Crippen MR) is 80.4 cm³/mol. The second-order valence-electron chi connectivity index (χ2n) is 4.32. The van der Waals surface area contributed by atoms with Crippen LogP contribution >= 0.6 is 11.3 Å². The normalized spacial score (nSPS) is 10.7. The van der Waals surface area contributed by atoms with Crippen LogP contribution in [0.15, 0.2) is 24.1 Å². The first-order valence-electron chi connectivity index (χ1n) is 6.35. The van der Waals surface area contributed by atoms with E-state index in [4.69, 9.17) is 5.73 Å². The van der Waals surface area contributed by atoms with Gasteiger partial charge in [0.25, 0.3) is 0 Å². The van der Waals surface area contributed by atoms with Gasteiger partial charge in [-0.15, -0.1) is 11.3 Å². The third-order valence-electron chi connectivity index (χ3n) is 2.71. The Balaban J connectivity index is 1.68. The fourth-order valence-corrected chi connectivity index (χ4v) is 2.43. The Labute approximate surface area is 125 Å². The maximum Gasteiger partial charge on any atom is 0.241 e. The molecule has 3 rings (SSSR count). The molecule has 3 N–H and O–H groups in total. The highest BCUT2D eigenvalue weighted by atomic mass is 32.1. The molecule has 8 nitrogen and oxygen atoms in total. The number of imidazole rings is 1. The zero-order chi connectivity index (χ0) is 14.7. The Kier molecular flexibility index (Phi) is 3.73. The SMILES string of the molecule is Cc1nc(CCNc2nc(N)nc(-n3ccnc3)n2)cs1. The third-order valence-corrected chi connectivity index (χ3v) is 3.53. The van der Waals surface area contributed by atoms with Crippen molar-refractivity contribution in [2.24, 2.45) is 0 Å². The van der Waals surface area contributed by atoms with Gasteiger partial charge in [0, 0.05) is 30.7 Å². The van der Waals surface area contributed by atoms with Crippen molar-refractivity contribution in [2.75, 3.05) is 17.6 Å². The summed E-state index contributed by atoms with van der Waals surface area (Å²) in [5.74, 6) is 1.05. The summed E-state index contributed by atoms with van der Waals surface area (Å²) in [6, 6.07) is 0. The predicted octanol–water partition coefficient (Wildman–Crippen LogP) is 1.06. The maximum absolute atomic E-state index is 5.71. The van der Waals surface area contributed by atoms with Gasteiger partial charge in [0.15, 0.2) is 0 Å². The lowest BCUT2D eigenvalue weighted by Gasteiger charge is -2.06. The number of hydrogen-bond acceptors (Lipinski definition) is 8. The summed E-state index contributed by atoms with van der Waals surface area (Å²) in [5, 5.41) is 6.25. The van der Waals surface area contributed by atoms with Crippen molar-refractivity contribution >= 4 is 23.2 Å². The first-order chi connectivity index (χ1) is 10.2. The lowest BCUT2D eigenvalue weighted by atomic mass is 10.3. The van der Waals surface area contributed by atoms with E-state index < -0.39 is 0 Å². The highest BCUT2D eigenvalue weighted by molar-refractivity contribution is 7.09. The van der Waals surface area contributed by atoms with Crippen LogP contribution in [-0.2, 0) is 6.42 Å². The number of nitrogen functional groups attached to an aromatic ring is 1. The molecule has 0 aliphatic rings. The van der Waals surface area contributed by atoms with Crippen LogP contribution in [0.4, 0.5) is 11.9 Å². The van der Waals surface area contributed by atoms with Gasteiger partial charge in [-0.3, -0.25) is 4.57 Å². The molecule has 0 saturated heterocycles. The smallest absolute Gasteiger partial charge is 0.241 e. The van der Waals surface area contributed by atoms with Gasteiger partial charge in [0.05, 0.1) is 10.7 Å². The molecule has 21 heavy (non-hydrogen) atoms. The first-order valence-corrected chi connectivity index (χ1v) is 7.23. The Hall–Kier alpha value is -2.55. The van der Waals surface area contributed by atoms with E-state index in [2.05, 4.69) is 35.6 Å². The highest BCUT2D eigenvalue weighted by Gasteiger charge is 2.06. The van der Waals surface area contributed by atoms with Crippen LogP contribution in [0, 0.1) is 6.92 Å². The Bertz CT molecular complexity index is 721. The van der Waals surface area contributed by atoms with E-state index in [-0.39, 0.29) is 5.95 Å². The number of nitrogens with two attached hydrogens (primary N) is 1. The zero-order valence-electron chi connectivity index (χ0n) is 11.4. The molecular formula is C12H14N8S. The maximum atomic E-state index is 5.71. The van der Waals surface area contributed by atoms with Crippen molar-refractivity contribution in [2.45, 2.75) is 13.3 Å². The number of anilines is 2. The van der Waals surface area contributed by atoms with Gasteiger partial charge in [-0.25, -0.2) is 9.97 Å². The molecule has 0 aliphatic carbocycles. The highest BCUT2D eigenvalue weighted by Crippen LogP contribution is 2.10. The van der Waals surface area contributed by atoms with Crippen LogP contribution in [0.1, 0.15) is 10.7 Å². The Morgan fingerprint density at radius 3 is 2.90 bits per heavy atom. The second-order valence-corrected chi connectivity index (χ2v) is 5.38. The Morgan fingerprint density at radius 1 is 1.29 bits per heavy atom. The van der Waals surface area contributed by atoms with E-state index in [0.29, 0.717) is 18.4 Å². The number of rotatable bonds is 5. The fourth-order valence-electron chi connectivity index (χ4n) is 1.78. The molecule has 0 bridgehead atoms. The molecule has 0 spiro atoms. The number of aryl methyl sites for hydroxylation is 1. The monoisotopic (exact) mass is 302 g/mol. The number of nitrogens with zero attached hydrogens (tertiary/aromatic N) is 6. The van der Waals surface area contributed by atoms with Gasteiger partial charge in [0.1, 0.15) is 6.33 Å². The summed E-state index contributed by atoms with van der Waals surface area (Å²) in [6.07, 6.45) is 5.81. The van der Waals surface area contributed by atoms with Crippen LogP contribution < -0.4 is 11.1 Å². The zero-order valence-corrected chi connectivity index (χ0v) is 12.2. The summed E-state index contributed by atoms with van der Waals surface area (Å²) in [7, 11) is 0. The molecule has 0 aliphatic heterocycles. The molecular weight excluding hydrogens is 288 g/mol. The van der Waals surface area contributed by atoms with Gasteiger partial charge in [0.2, 0.25) is 17.8 Å². The molecule has 108 valence electrons. The van der Waals surface area contributed by atoms with E-state index >= 15 is 0 Å². The lowest BCUT2D eigenvalue weighted by Crippen LogP contribution is -2.12. The van der Waals surface area contributed by atoms with E-state index in [1.54, 1.807) is 34.6 Å². The summed E-state index contributed by atoms with van der Waals surface area (Å²) >= 11 is 1.64. The van der Waals surface area contributed by atoms with Crippen molar-refractivity contribution in [1.29, 1.82) is 0 Å². The summed E-state index contributed by atoms with van der Waals surface area (Å²) in [6.45, 7) is 2.67. The van der Waals surface area contributed by atoms with Crippen molar-refractivity contribution < 1.29 is 0 Å². The number of nitrogens with one attached hydrogen (secondary N) is 1. The molecule has 0 aromatic carbocycles. The van der Waals surface area contributed by atoms with Crippen LogP contribution in [0.25, 0.3) is 5.95 Å². The minimum atomic E-state index is 0.167. The first kappa shape index (κ1) is 13.4. The van der Waals surface area contributed by atoms with Gasteiger partial charge in [-0.1, -0.05) is 0 Å². The van der Waals surface area contributed by atoms with Crippen LogP contribution in [0.2, 0.25) is 0 Å². The number of thiazole rings is 1. The minimum Gasteiger partial charge on any atom is -0.368 e. The molecule has 3 aromatic rings. The van der Waals surface area contributed by atoms with E-state index in [9.17, 15) is 0 Å². The van der Waals surface area contributed by atoms with Crippen molar-refractivity contribution in [1.82, 2.24) is 29.5 Å². The second kappa shape index (κ2) is 5.83. The van der Waals surface area contributed by atoms with Gasteiger partial charge in [-0.05, 0) is 6.92 Å². The van der Waals surface area contributed by atoms with Crippen LogP contribution in [0.5, 0.6) is 0 Å². The lowest BCUT2D eigenvalue weighted by molar-refractivity contribution is 0.885. The summed E-state index contributed by atoms with van der Waals surface area (Å²) < 4.78 is 1.67. The van der Waals surface area contributed by atoms with Gasteiger partial charge in [-0.2, -0.15) is 15.0 Å².